The smallest absolute Gasteiger partial charge is 0.394 e. The molecule has 9 heteroatoms. The molecule has 0 amide bonds. The van der Waals surface area contributed by atoms with E-state index in [1.165, 1.54) is 7.11 Å². The molecule has 1 aromatic carbocycles. The third-order valence-electron chi connectivity index (χ3n) is 1.83. The third-order valence-corrected chi connectivity index (χ3v) is 1.83. The summed E-state index contributed by atoms with van der Waals surface area (Å²) in [5.41, 5.74) is 12.3. The first-order valence-corrected chi connectivity index (χ1v) is 6.06. The molecule has 104 valence electrons. The van der Waals surface area contributed by atoms with Gasteiger partial charge in [0.15, 0.2) is 0 Å². The first-order valence-electron chi connectivity index (χ1n) is 4.67. The standard InChI is InChI=1S/C9H14N2O2.H2O4S/c1-13-8(9(11)12)6-2-4-7(10)5-3-6;1-5(2,3)4/h2-5,8-9,12H,10-11H2,1H3;(H2,1,2,3,4). The van der Waals surface area contributed by atoms with Gasteiger partial charge in [0.1, 0.15) is 12.3 Å². The molecule has 0 aliphatic rings. The molecule has 2 unspecified atom stereocenters. The van der Waals surface area contributed by atoms with E-state index in [1.807, 2.05) is 0 Å². The summed E-state index contributed by atoms with van der Waals surface area (Å²) in [5, 5.41) is 9.16. The van der Waals surface area contributed by atoms with Gasteiger partial charge in [-0.05, 0) is 17.7 Å². The van der Waals surface area contributed by atoms with Crippen LogP contribution in [0.25, 0.3) is 0 Å². The number of aliphatic hydroxyl groups is 1. The van der Waals surface area contributed by atoms with Crippen LogP contribution in [0, 0.1) is 0 Å². The van der Waals surface area contributed by atoms with E-state index in [1.54, 1.807) is 24.3 Å². The number of rotatable bonds is 3. The van der Waals surface area contributed by atoms with Crippen molar-refractivity contribution in [3.8, 4) is 0 Å². The number of hydrogen-bond acceptors (Lipinski definition) is 6. The highest BCUT2D eigenvalue weighted by Crippen LogP contribution is 2.19. The normalized spacial score (nSPS) is 14.3. The highest BCUT2D eigenvalue weighted by atomic mass is 32.3. The monoisotopic (exact) mass is 280 g/mol. The molecule has 0 bridgehead atoms. The Morgan fingerprint density at radius 2 is 1.61 bits per heavy atom. The van der Waals surface area contributed by atoms with Gasteiger partial charge >= 0.3 is 10.4 Å². The summed E-state index contributed by atoms with van der Waals surface area (Å²) in [6, 6.07) is 7.03. The Bertz CT molecular complexity index is 437. The molecule has 0 saturated carbocycles. The van der Waals surface area contributed by atoms with Crippen LogP contribution in [-0.4, -0.2) is 36.0 Å². The molecule has 0 radical (unpaired) electrons. The van der Waals surface area contributed by atoms with E-state index in [0.717, 1.165) is 5.56 Å². The minimum atomic E-state index is -4.67. The molecule has 0 heterocycles. The second kappa shape index (κ2) is 7.26. The van der Waals surface area contributed by atoms with E-state index in [2.05, 4.69) is 0 Å². The van der Waals surface area contributed by atoms with E-state index in [0.29, 0.717) is 5.69 Å². The molecule has 18 heavy (non-hydrogen) atoms. The van der Waals surface area contributed by atoms with Crippen molar-refractivity contribution in [3.05, 3.63) is 29.8 Å². The molecule has 0 saturated heterocycles. The predicted molar refractivity (Wildman–Crippen MR) is 65.0 cm³/mol. The molecular formula is C9H16N2O6S. The lowest BCUT2D eigenvalue weighted by atomic mass is 10.1. The van der Waals surface area contributed by atoms with Gasteiger partial charge in [-0.3, -0.25) is 9.11 Å². The van der Waals surface area contributed by atoms with Crippen molar-refractivity contribution in [2.45, 2.75) is 12.3 Å². The van der Waals surface area contributed by atoms with E-state index in [4.69, 9.17) is 38.8 Å². The van der Waals surface area contributed by atoms with Crippen LogP contribution in [0.2, 0.25) is 0 Å². The number of nitrogens with two attached hydrogens (primary N) is 2. The quantitative estimate of drug-likeness (QED) is 0.284. The first kappa shape index (κ1) is 16.8. The zero-order valence-electron chi connectivity index (χ0n) is 9.59. The van der Waals surface area contributed by atoms with Crippen molar-refractivity contribution in [2.75, 3.05) is 12.8 Å². The summed E-state index contributed by atoms with van der Waals surface area (Å²) >= 11 is 0. The lowest BCUT2D eigenvalue weighted by Crippen LogP contribution is -2.28. The van der Waals surface area contributed by atoms with Gasteiger partial charge in [-0.1, -0.05) is 12.1 Å². The number of nitrogen functional groups attached to an aromatic ring is 1. The average Bonchev–Trinajstić information content (AvgIpc) is 2.19. The first-order chi connectivity index (χ1) is 8.15. The Labute approximate surface area is 105 Å². The number of hydrogen-bond donors (Lipinski definition) is 5. The predicted octanol–water partition coefficient (Wildman–Crippen LogP) is -0.419. The largest absolute Gasteiger partial charge is 0.399 e. The zero-order chi connectivity index (χ0) is 14.3. The highest BCUT2D eigenvalue weighted by molar-refractivity contribution is 7.79. The van der Waals surface area contributed by atoms with Crippen molar-refractivity contribution in [1.82, 2.24) is 0 Å². The van der Waals surface area contributed by atoms with Crippen molar-refractivity contribution in [3.63, 3.8) is 0 Å². The maximum absolute atomic E-state index is 9.16. The molecule has 1 aromatic rings. The number of methoxy groups -OCH3 is 1. The number of aliphatic hydroxyl groups excluding tert-OH is 1. The summed E-state index contributed by atoms with van der Waals surface area (Å²) < 4.78 is 36.6. The summed E-state index contributed by atoms with van der Waals surface area (Å²) in [5.74, 6) is 0. The molecule has 8 nitrogen and oxygen atoms in total. The maximum atomic E-state index is 9.16. The summed E-state index contributed by atoms with van der Waals surface area (Å²) in [7, 11) is -3.17. The van der Waals surface area contributed by atoms with Crippen LogP contribution in [0.15, 0.2) is 24.3 Å². The Morgan fingerprint density at radius 1 is 1.22 bits per heavy atom. The SMILES string of the molecule is COC(c1ccc(N)cc1)C(N)O.O=S(=O)(O)O. The Kier molecular flexibility index (Phi) is 6.76. The van der Waals surface area contributed by atoms with E-state index in [-0.39, 0.29) is 0 Å². The second-order valence-electron chi connectivity index (χ2n) is 3.26. The van der Waals surface area contributed by atoms with Crippen LogP contribution in [0.5, 0.6) is 0 Å². The minimum Gasteiger partial charge on any atom is -0.399 e. The van der Waals surface area contributed by atoms with E-state index < -0.39 is 22.7 Å². The fraction of sp³-hybridized carbons (Fsp3) is 0.333. The van der Waals surface area contributed by atoms with Gasteiger partial charge in [0.05, 0.1) is 0 Å². The molecule has 0 fully saturated rings. The lowest BCUT2D eigenvalue weighted by Gasteiger charge is -2.18. The van der Waals surface area contributed by atoms with Crippen LogP contribution in [-0.2, 0) is 15.1 Å². The summed E-state index contributed by atoms with van der Waals surface area (Å²) in [4.78, 5) is 0. The van der Waals surface area contributed by atoms with Gasteiger partial charge in [-0.25, -0.2) is 0 Å². The molecule has 1 rings (SSSR count). The maximum Gasteiger partial charge on any atom is 0.394 e. The van der Waals surface area contributed by atoms with Crippen molar-refractivity contribution >= 4 is 16.1 Å². The molecule has 7 N–H and O–H groups in total. The van der Waals surface area contributed by atoms with Crippen LogP contribution >= 0.6 is 0 Å². The van der Waals surface area contributed by atoms with Crippen molar-refractivity contribution in [1.29, 1.82) is 0 Å². The molecule has 2 atom stereocenters. The Balaban J connectivity index is 0.000000494. The van der Waals surface area contributed by atoms with Gasteiger partial charge in [0.2, 0.25) is 0 Å². The second-order valence-corrected chi connectivity index (χ2v) is 4.16. The van der Waals surface area contributed by atoms with Crippen LogP contribution in [0.3, 0.4) is 0 Å². The number of anilines is 1. The van der Waals surface area contributed by atoms with Crippen molar-refractivity contribution in [2.24, 2.45) is 5.73 Å². The molecule has 0 spiro atoms. The van der Waals surface area contributed by atoms with Crippen LogP contribution < -0.4 is 11.5 Å². The van der Waals surface area contributed by atoms with Gasteiger partial charge in [-0.15, -0.1) is 0 Å². The van der Waals surface area contributed by atoms with E-state index in [9.17, 15) is 0 Å². The molecule has 0 aromatic heterocycles. The Hall–Kier alpha value is -1.23. The van der Waals surface area contributed by atoms with Gasteiger partial charge in [0, 0.05) is 12.8 Å². The van der Waals surface area contributed by atoms with Crippen LogP contribution in [0.4, 0.5) is 5.69 Å². The van der Waals surface area contributed by atoms with E-state index >= 15 is 0 Å². The summed E-state index contributed by atoms with van der Waals surface area (Å²) in [6.07, 6.45) is -1.52. The fourth-order valence-corrected chi connectivity index (χ4v) is 1.16. The average molecular weight is 280 g/mol. The fourth-order valence-electron chi connectivity index (χ4n) is 1.16. The summed E-state index contributed by atoms with van der Waals surface area (Å²) in [6.45, 7) is 0. The number of ether oxygens (including phenoxy) is 1. The zero-order valence-corrected chi connectivity index (χ0v) is 10.4. The third kappa shape index (κ3) is 7.95. The van der Waals surface area contributed by atoms with Gasteiger partial charge in [0.25, 0.3) is 0 Å². The van der Waals surface area contributed by atoms with Gasteiger partial charge in [-0.2, -0.15) is 8.42 Å². The molecular weight excluding hydrogens is 264 g/mol. The Morgan fingerprint density at radius 3 is 1.89 bits per heavy atom. The lowest BCUT2D eigenvalue weighted by molar-refractivity contribution is -0.00980. The topological polar surface area (TPSA) is 156 Å². The molecule has 0 aliphatic heterocycles. The van der Waals surface area contributed by atoms with Crippen molar-refractivity contribution < 1.29 is 27.4 Å². The van der Waals surface area contributed by atoms with Crippen LogP contribution in [0.1, 0.15) is 11.7 Å². The van der Waals surface area contributed by atoms with Gasteiger partial charge < -0.3 is 21.3 Å². The number of benzene rings is 1. The highest BCUT2D eigenvalue weighted by Gasteiger charge is 2.16. The minimum absolute atomic E-state index is 0.499. The molecule has 0 aliphatic carbocycles.